The van der Waals surface area contributed by atoms with Crippen molar-refractivity contribution in [2.24, 2.45) is 5.41 Å². The summed E-state index contributed by atoms with van der Waals surface area (Å²) >= 11 is 0. The average molecular weight is 467 g/mol. The number of aromatic nitrogens is 2. The maximum Gasteiger partial charge on any atom is 0.344 e. The lowest BCUT2D eigenvalue weighted by molar-refractivity contribution is -0.116. The lowest BCUT2D eigenvalue weighted by Crippen LogP contribution is -2.37. The molecule has 1 aromatic heterocycles. The molecule has 182 valence electrons. The van der Waals surface area contributed by atoms with Gasteiger partial charge in [-0.15, -0.1) is 0 Å². The zero-order chi connectivity index (χ0) is 23.7. The molecule has 0 N–H and O–H groups in total. The first kappa shape index (κ1) is 22.9. The normalized spacial score (nSPS) is 23.1. The van der Waals surface area contributed by atoms with Gasteiger partial charge in [-0.3, -0.25) is 9.69 Å². The third kappa shape index (κ3) is 4.54. The number of anilines is 2. The first-order valence-electron chi connectivity index (χ1n) is 12.2. The van der Waals surface area contributed by atoms with E-state index in [2.05, 4.69) is 39.2 Å². The summed E-state index contributed by atoms with van der Waals surface area (Å²) in [6.45, 7) is 9.44. The number of amides is 2. The molecule has 0 radical (unpaired) electrons. The topological polar surface area (TPSA) is 74.2 Å². The van der Waals surface area contributed by atoms with Crippen LogP contribution in [0.5, 0.6) is 0 Å². The van der Waals surface area contributed by atoms with E-state index >= 15 is 0 Å². The van der Waals surface area contributed by atoms with Gasteiger partial charge < -0.3 is 19.4 Å². The van der Waals surface area contributed by atoms with Crippen LogP contribution in [0.1, 0.15) is 25.3 Å². The number of carbonyl (C=O) groups excluding carboxylic acids is 2. The van der Waals surface area contributed by atoms with E-state index in [1.807, 2.05) is 4.90 Å². The quantitative estimate of drug-likeness (QED) is 0.688. The lowest BCUT2D eigenvalue weighted by Gasteiger charge is -2.31. The Labute approximate surface area is 200 Å². The number of ether oxygens (including phenoxy) is 1. The van der Waals surface area contributed by atoms with E-state index < -0.39 is 0 Å². The highest BCUT2D eigenvalue weighted by Crippen LogP contribution is 2.40. The van der Waals surface area contributed by atoms with Crippen LogP contribution >= 0.6 is 0 Å². The highest BCUT2D eigenvalue weighted by molar-refractivity contribution is 5.91. The van der Waals surface area contributed by atoms with Crippen molar-refractivity contribution in [3.8, 4) is 0 Å². The van der Waals surface area contributed by atoms with Crippen molar-refractivity contribution in [1.29, 1.82) is 0 Å². The number of nitrogens with zero attached hydrogens (tertiary/aromatic N) is 6. The van der Waals surface area contributed by atoms with Crippen molar-refractivity contribution in [2.75, 3.05) is 69.3 Å². The molecule has 3 saturated heterocycles. The molecule has 34 heavy (non-hydrogen) atoms. The van der Waals surface area contributed by atoms with Crippen LogP contribution < -0.4 is 9.80 Å². The van der Waals surface area contributed by atoms with Crippen LogP contribution in [0, 0.1) is 5.41 Å². The largest absolute Gasteiger partial charge is 0.378 e. The minimum absolute atomic E-state index is 0.0895. The number of hydrogen-bond acceptors (Lipinski definition) is 6. The molecular formula is C25H34N6O3. The minimum Gasteiger partial charge on any atom is -0.378 e. The molecule has 0 aliphatic carbocycles. The number of hydrogen-bond donors (Lipinski definition) is 0. The van der Waals surface area contributed by atoms with Crippen LogP contribution in [0.25, 0.3) is 0 Å². The van der Waals surface area contributed by atoms with E-state index in [-0.39, 0.29) is 17.4 Å². The molecule has 3 aliphatic heterocycles. The molecule has 4 heterocycles. The van der Waals surface area contributed by atoms with Crippen molar-refractivity contribution < 1.29 is 14.3 Å². The summed E-state index contributed by atoms with van der Waals surface area (Å²) in [4.78, 5) is 33.1. The van der Waals surface area contributed by atoms with Crippen LogP contribution in [-0.2, 0) is 16.1 Å². The Kier molecular flexibility index (Phi) is 6.31. The van der Waals surface area contributed by atoms with Gasteiger partial charge in [0.1, 0.15) is 0 Å². The average Bonchev–Trinajstić information content (AvgIpc) is 3.60. The van der Waals surface area contributed by atoms with E-state index in [1.54, 1.807) is 19.4 Å². The number of likely N-dealkylation sites (tertiary alicyclic amines) is 2. The standard InChI is InChI=1S/C25H34N6O3/c1-20(32)27(2)22-15-26-31(17-22)24(33)30-10-8-25(19-30)7-9-28(18-25)16-21-5-3-4-6-23(21)29-11-13-34-14-12-29/h3-6,15,17H,7-14,16,18-19H2,1-2H3. The summed E-state index contributed by atoms with van der Waals surface area (Å²) in [5.74, 6) is -0.0895. The first-order chi connectivity index (χ1) is 16.4. The second-order valence-electron chi connectivity index (χ2n) is 9.86. The number of benzene rings is 1. The van der Waals surface area contributed by atoms with E-state index in [1.165, 1.54) is 27.8 Å². The molecule has 0 bridgehead atoms. The van der Waals surface area contributed by atoms with Crippen LogP contribution in [0.2, 0.25) is 0 Å². The third-order valence-electron chi connectivity index (χ3n) is 7.59. The zero-order valence-corrected chi connectivity index (χ0v) is 20.2. The van der Waals surface area contributed by atoms with E-state index in [0.29, 0.717) is 5.69 Å². The van der Waals surface area contributed by atoms with Crippen molar-refractivity contribution in [2.45, 2.75) is 26.3 Å². The van der Waals surface area contributed by atoms with Crippen LogP contribution in [0.4, 0.5) is 16.2 Å². The van der Waals surface area contributed by atoms with Gasteiger partial charge in [-0.2, -0.15) is 9.78 Å². The molecule has 9 nitrogen and oxygen atoms in total. The first-order valence-corrected chi connectivity index (χ1v) is 12.2. The monoisotopic (exact) mass is 466 g/mol. The molecule has 9 heteroatoms. The zero-order valence-electron chi connectivity index (χ0n) is 20.2. The molecule has 3 fully saturated rings. The van der Waals surface area contributed by atoms with Crippen molar-refractivity contribution in [3.05, 3.63) is 42.2 Å². The van der Waals surface area contributed by atoms with Gasteiger partial charge in [-0.1, -0.05) is 18.2 Å². The predicted octanol–water partition coefficient (Wildman–Crippen LogP) is 2.27. The van der Waals surface area contributed by atoms with Crippen molar-refractivity contribution in [3.63, 3.8) is 0 Å². The molecular weight excluding hydrogens is 432 g/mol. The summed E-state index contributed by atoms with van der Waals surface area (Å²) in [5.41, 5.74) is 3.46. The number of carbonyl (C=O) groups is 2. The minimum atomic E-state index is -0.115. The Balaban J connectivity index is 1.21. The van der Waals surface area contributed by atoms with Gasteiger partial charge in [0.05, 0.1) is 31.3 Å². The van der Waals surface area contributed by atoms with E-state index in [9.17, 15) is 9.59 Å². The number of para-hydroxylation sites is 1. The van der Waals surface area contributed by atoms with Crippen LogP contribution in [-0.4, -0.2) is 91.0 Å². The Hall–Kier alpha value is -2.91. The Morgan fingerprint density at radius 1 is 1.09 bits per heavy atom. The summed E-state index contributed by atoms with van der Waals surface area (Å²) in [6, 6.07) is 8.60. The van der Waals surface area contributed by atoms with Gasteiger partial charge in [-0.25, -0.2) is 4.79 Å². The van der Waals surface area contributed by atoms with Gasteiger partial charge >= 0.3 is 6.03 Å². The maximum absolute atomic E-state index is 13.1. The highest BCUT2D eigenvalue weighted by atomic mass is 16.5. The highest BCUT2D eigenvalue weighted by Gasteiger charge is 2.45. The number of morpholine rings is 1. The fourth-order valence-electron chi connectivity index (χ4n) is 5.51. The lowest BCUT2D eigenvalue weighted by atomic mass is 9.86. The van der Waals surface area contributed by atoms with Gasteiger partial charge in [0.2, 0.25) is 5.91 Å². The molecule has 1 atom stereocenters. The van der Waals surface area contributed by atoms with Crippen LogP contribution in [0.3, 0.4) is 0 Å². The summed E-state index contributed by atoms with van der Waals surface area (Å²) in [6.07, 6.45) is 5.32. The molecule has 2 aromatic rings. The predicted molar refractivity (Wildman–Crippen MR) is 130 cm³/mol. The molecule has 0 saturated carbocycles. The van der Waals surface area contributed by atoms with Crippen LogP contribution in [0.15, 0.2) is 36.7 Å². The van der Waals surface area contributed by atoms with Crippen molar-refractivity contribution in [1.82, 2.24) is 19.6 Å². The van der Waals surface area contributed by atoms with Gasteiger partial charge in [0.25, 0.3) is 0 Å². The Bertz CT molecular complexity index is 1050. The van der Waals surface area contributed by atoms with Gasteiger partial charge in [0.15, 0.2) is 0 Å². The summed E-state index contributed by atoms with van der Waals surface area (Å²) in [5, 5.41) is 4.21. The molecule has 1 spiro atoms. The van der Waals surface area contributed by atoms with Crippen molar-refractivity contribution >= 4 is 23.3 Å². The molecule has 5 rings (SSSR count). The Morgan fingerprint density at radius 3 is 2.65 bits per heavy atom. The smallest absolute Gasteiger partial charge is 0.344 e. The SMILES string of the molecule is CC(=O)N(C)c1cnn(C(=O)N2CCC3(CCN(Cc4ccccc4N4CCOCC4)C3)C2)c1. The Morgan fingerprint density at radius 2 is 1.85 bits per heavy atom. The molecule has 1 unspecified atom stereocenters. The summed E-state index contributed by atoms with van der Waals surface area (Å²) in [7, 11) is 1.68. The third-order valence-corrected chi connectivity index (χ3v) is 7.59. The number of rotatable bonds is 4. The van der Waals surface area contributed by atoms with Gasteiger partial charge in [-0.05, 0) is 31.0 Å². The maximum atomic E-state index is 13.1. The van der Waals surface area contributed by atoms with E-state index in [4.69, 9.17) is 4.74 Å². The van der Waals surface area contributed by atoms with Gasteiger partial charge in [0, 0.05) is 64.3 Å². The summed E-state index contributed by atoms with van der Waals surface area (Å²) < 4.78 is 6.89. The molecule has 2 amide bonds. The fourth-order valence-corrected chi connectivity index (χ4v) is 5.51. The molecule has 3 aliphatic rings. The fraction of sp³-hybridized carbons (Fsp3) is 0.560. The second-order valence-corrected chi connectivity index (χ2v) is 9.86. The molecule has 1 aromatic carbocycles. The van der Waals surface area contributed by atoms with E-state index in [0.717, 1.165) is 71.9 Å². The second kappa shape index (κ2) is 9.38.